The number of aryl methyl sites for hydroxylation is 1. The van der Waals surface area contributed by atoms with E-state index in [2.05, 4.69) is 10.3 Å². The fraction of sp³-hybridized carbons (Fsp3) is 0.588. The monoisotopic (exact) mass is 353 g/mol. The van der Waals surface area contributed by atoms with E-state index in [1.54, 1.807) is 17.0 Å². The van der Waals surface area contributed by atoms with Gasteiger partial charge in [0.15, 0.2) is 0 Å². The van der Waals surface area contributed by atoms with Crippen molar-refractivity contribution in [2.45, 2.75) is 52.2 Å². The topological polar surface area (TPSA) is 71.5 Å². The lowest BCUT2D eigenvalue weighted by Gasteiger charge is -2.33. The van der Waals surface area contributed by atoms with Crippen LogP contribution in [-0.4, -0.2) is 46.6 Å². The summed E-state index contributed by atoms with van der Waals surface area (Å²) >= 11 is 6.09. The van der Waals surface area contributed by atoms with E-state index in [0.717, 1.165) is 18.5 Å². The Labute approximate surface area is 147 Å². The third-order valence-electron chi connectivity index (χ3n) is 3.65. The Hall–Kier alpha value is -1.82. The number of nitrogens with zero attached hydrogens (tertiary/aromatic N) is 2. The molecule has 2 amide bonds. The lowest BCUT2D eigenvalue weighted by atomic mass is 10.0. The average Bonchev–Trinajstić information content (AvgIpc) is 2.44. The molecule has 0 radical (unpaired) electrons. The molecule has 1 aromatic heterocycles. The molecule has 1 aromatic rings. The summed E-state index contributed by atoms with van der Waals surface area (Å²) in [6.45, 7) is 8.33. The van der Waals surface area contributed by atoms with E-state index in [1.165, 1.54) is 0 Å². The molecular weight excluding hydrogens is 330 g/mol. The predicted molar refractivity (Wildman–Crippen MR) is 92.3 cm³/mol. The lowest BCUT2D eigenvalue weighted by Crippen LogP contribution is -2.50. The van der Waals surface area contributed by atoms with Crippen LogP contribution in [-0.2, 0) is 4.74 Å². The zero-order valence-electron chi connectivity index (χ0n) is 14.6. The molecule has 0 spiro atoms. The molecule has 1 atom stereocenters. The van der Waals surface area contributed by atoms with Gasteiger partial charge in [0.1, 0.15) is 10.8 Å². The minimum atomic E-state index is -0.546. The van der Waals surface area contributed by atoms with E-state index in [-0.39, 0.29) is 17.1 Å². The third kappa shape index (κ3) is 5.09. The average molecular weight is 354 g/mol. The van der Waals surface area contributed by atoms with Gasteiger partial charge in [-0.1, -0.05) is 11.6 Å². The molecule has 1 unspecified atom stereocenters. The van der Waals surface area contributed by atoms with Crippen LogP contribution in [0.5, 0.6) is 0 Å². The minimum absolute atomic E-state index is 0.130. The maximum Gasteiger partial charge on any atom is 0.407 e. The fourth-order valence-electron chi connectivity index (χ4n) is 2.61. The summed E-state index contributed by atoms with van der Waals surface area (Å²) in [5.41, 5.74) is 0.606. The van der Waals surface area contributed by atoms with Crippen molar-refractivity contribution < 1.29 is 14.3 Å². The number of hydrogen-bond donors (Lipinski definition) is 1. The van der Waals surface area contributed by atoms with Gasteiger partial charge >= 0.3 is 6.09 Å². The summed E-state index contributed by atoms with van der Waals surface area (Å²) in [6, 6.07) is 3.33. The molecular formula is C17H24ClN3O3. The molecule has 0 bridgehead atoms. The molecule has 6 nitrogen and oxygen atoms in total. The van der Waals surface area contributed by atoms with Gasteiger partial charge in [0.2, 0.25) is 0 Å². The number of carbonyl (C=O) groups excluding carboxylic acids is 2. The molecule has 2 heterocycles. The molecule has 1 saturated heterocycles. The first-order valence-corrected chi connectivity index (χ1v) is 8.45. The molecule has 1 aliphatic heterocycles. The minimum Gasteiger partial charge on any atom is -0.444 e. The number of alkyl carbamates (subject to hydrolysis) is 1. The van der Waals surface area contributed by atoms with E-state index in [0.29, 0.717) is 18.7 Å². The van der Waals surface area contributed by atoms with Gasteiger partial charge in [0.05, 0.1) is 5.56 Å². The Bertz CT molecular complexity index is 628. The summed E-state index contributed by atoms with van der Waals surface area (Å²) in [4.78, 5) is 30.4. The molecule has 1 N–H and O–H groups in total. The molecule has 0 aromatic carbocycles. The van der Waals surface area contributed by atoms with E-state index in [1.807, 2.05) is 27.7 Å². The molecule has 1 aliphatic rings. The van der Waals surface area contributed by atoms with Crippen molar-refractivity contribution >= 4 is 23.6 Å². The molecule has 132 valence electrons. The Kier molecular flexibility index (Phi) is 5.70. The highest BCUT2D eigenvalue weighted by molar-refractivity contribution is 6.32. The Morgan fingerprint density at radius 3 is 2.71 bits per heavy atom. The smallest absolute Gasteiger partial charge is 0.407 e. The van der Waals surface area contributed by atoms with Crippen molar-refractivity contribution in [2.24, 2.45) is 0 Å². The standard InChI is InChI=1S/C17H24ClN3O3/c1-11-7-8-13(14(18)19-11)15(22)21-9-5-6-12(10-21)20-16(23)24-17(2,3)4/h7-8,12H,5-6,9-10H2,1-4H3,(H,20,23). The number of pyridine rings is 1. The van der Waals surface area contributed by atoms with Crippen molar-refractivity contribution in [1.82, 2.24) is 15.2 Å². The molecule has 1 fully saturated rings. The first kappa shape index (κ1) is 18.5. The molecule has 24 heavy (non-hydrogen) atoms. The Balaban J connectivity index is 1.99. The van der Waals surface area contributed by atoms with Gasteiger partial charge in [0, 0.05) is 24.8 Å². The number of hydrogen-bond acceptors (Lipinski definition) is 4. The SMILES string of the molecule is Cc1ccc(C(=O)N2CCCC(NC(=O)OC(C)(C)C)C2)c(Cl)n1. The van der Waals surface area contributed by atoms with Crippen LogP contribution < -0.4 is 5.32 Å². The van der Waals surface area contributed by atoms with Gasteiger partial charge < -0.3 is 15.0 Å². The highest BCUT2D eigenvalue weighted by atomic mass is 35.5. The number of halogens is 1. The predicted octanol–water partition coefficient (Wildman–Crippen LogP) is 3.17. The van der Waals surface area contributed by atoms with Crippen LogP contribution in [0, 0.1) is 6.92 Å². The van der Waals surface area contributed by atoms with Crippen molar-refractivity contribution in [3.05, 3.63) is 28.5 Å². The van der Waals surface area contributed by atoms with Crippen molar-refractivity contribution in [3.63, 3.8) is 0 Å². The number of ether oxygens (including phenoxy) is 1. The van der Waals surface area contributed by atoms with Crippen molar-refractivity contribution in [2.75, 3.05) is 13.1 Å². The highest BCUT2D eigenvalue weighted by Gasteiger charge is 2.28. The summed E-state index contributed by atoms with van der Waals surface area (Å²) in [6.07, 6.45) is 1.16. The number of amides is 2. The number of carbonyl (C=O) groups is 2. The van der Waals surface area contributed by atoms with Crippen LogP contribution in [0.25, 0.3) is 0 Å². The quantitative estimate of drug-likeness (QED) is 0.829. The molecule has 2 rings (SSSR count). The van der Waals surface area contributed by atoms with Crippen LogP contribution in [0.15, 0.2) is 12.1 Å². The molecule has 0 aliphatic carbocycles. The number of aromatic nitrogens is 1. The van der Waals surface area contributed by atoms with Gasteiger partial charge in [0.25, 0.3) is 5.91 Å². The van der Waals surface area contributed by atoms with Crippen molar-refractivity contribution in [3.8, 4) is 0 Å². The Morgan fingerprint density at radius 1 is 1.38 bits per heavy atom. The number of piperidine rings is 1. The van der Waals surface area contributed by atoms with Crippen LogP contribution in [0.3, 0.4) is 0 Å². The second kappa shape index (κ2) is 7.38. The number of rotatable bonds is 2. The van der Waals surface area contributed by atoms with Gasteiger partial charge in [-0.05, 0) is 52.7 Å². The van der Waals surface area contributed by atoms with Crippen LogP contribution in [0.2, 0.25) is 5.15 Å². The van der Waals surface area contributed by atoms with E-state index in [9.17, 15) is 9.59 Å². The third-order valence-corrected chi connectivity index (χ3v) is 3.94. The number of nitrogens with one attached hydrogen (secondary N) is 1. The van der Waals surface area contributed by atoms with Crippen molar-refractivity contribution in [1.29, 1.82) is 0 Å². The van der Waals surface area contributed by atoms with Gasteiger partial charge in [-0.25, -0.2) is 9.78 Å². The first-order valence-electron chi connectivity index (χ1n) is 8.07. The fourth-order valence-corrected chi connectivity index (χ4v) is 2.89. The zero-order chi connectivity index (χ0) is 17.9. The number of likely N-dealkylation sites (tertiary alicyclic amines) is 1. The summed E-state index contributed by atoms with van der Waals surface area (Å²) in [7, 11) is 0. The van der Waals surface area contributed by atoms with E-state index >= 15 is 0 Å². The zero-order valence-corrected chi connectivity index (χ0v) is 15.3. The largest absolute Gasteiger partial charge is 0.444 e. The van der Waals surface area contributed by atoms with Crippen LogP contribution >= 0.6 is 11.6 Å². The molecule has 0 saturated carbocycles. The van der Waals surface area contributed by atoms with Crippen LogP contribution in [0.1, 0.15) is 49.7 Å². The van der Waals surface area contributed by atoms with Crippen LogP contribution in [0.4, 0.5) is 4.79 Å². The normalized spacial score (nSPS) is 18.2. The lowest BCUT2D eigenvalue weighted by molar-refractivity contribution is 0.0452. The maximum absolute atomic E-state index is 12.6. The summed E-state index contributed by atoms with van der Waals surface area (Å²) in [5, 5.41) is 3.04. The molecule has 7 heteroatoms. The van der Waals surface area contributed by atoms with Gasteiger partial charge in [-0.2, -0.15) is 0 Å². The Morgan fingerprint density at radius 2 is 2.08 bits per heavy atom. The second-order valence-corrected chi connectivity index (χ2v) is 7.39. The summed E-state index contributed by atoms with van der Waals surface area (Å²) in [5.74, 6) is -0.164. The van der Waals surface area contributed by atoms with Gasteiger partial charge in [-0.3, -0.25) is 4.79 Å². The maximum atomic E-state index is 12.6. The van der Waals surface area contributed by atoms with E-state index < -0.39 is 11.7 Å². The summed E-state index contributed by atoms with van der Waals surface area (Å²) < 4.78 is 5.27. The highest BCUT2D eigenvalue weighted by Crippen LogP contribution is 2.19. The first-order chi connectivity index (χ1) is 11.2. The van der Waals surface area contributed by atoms with E-state index in [4.69, 9.17) is 16.3 Å². The van der Waals surface area contributed by atoms with Gasteiger partial charge in [-0.15, -0.1) is 0 Å². The second-order valence-electron chi connectivity index (χ2n) is 7.03.